The van der Waals surface area contributed by atoms with Gasteiger partial charge >= 0.3 is 0 Å². The van der Waals surface area contributed by atoms with Crippen LogP contribution >= 0.6 is 0 Å². The highest BCUT2D eigenvalue weighted by atomic mass is 16.2. The minimum atomic E-state index is -0.359. The first kappa shape index (κ1) is 15.5. The molecule has 0 saturated carbocycles. The molecule has 1 aliphatic heterocycles. The van der Waals surface area contributed by atoms with Crippen LogP contribution in [0, 0.1) is 5.92 Å². The molecule has 0 aromatic carbocycles. The molecule has 3 N–H and O–H groups in total. The Kier molecular flexibility index (Phi) is 4.98. The summed E-state index contributed by atoms with van der Waals surface area (Å²) in [7, 11) is 0. The van der Waals surface area contributed by atoms with Crippen LogP contribution < -0.4 is 5.73 Å². The summed E-state index contributed by atoms with van der Waals surface area (Å²) in [6, 6.07) is 1.73. The third kappa shape index (κ3) is 4.06. The lowest BCUT2D eigenvalue weighted by atomic mass is 9.98. The Hall–Kier alpha value is -1.85. The van der Waals surface area contributed by atoms with E-state index in [4.69, 9.17) is 5.73 Å². The zero-order chi connectivity index (χ0) is 15.4. The fourth-order valence-corrected chi connectivity index (χ4v) is 2.88. The summed E-state index contributed by atoms with van der Waals surface area (Å²) in [4.78, 5) is 25.5. The van der Waals surface area contributed by atoms with Crippen LogP contribution in [0.5, 0.6) is 0 Å². The number of nitrogens with one attached hydrogen (secondary N) is 1. The first-order valence-electron chi connectivity index (χ1n) is 7.61. The number of H-pyrrole nitrogens is 1. The zero-order valence-corrected chi connectivity index (χ0v) is 12.8. The van der Waals surface area contributed by atoms with Crippen molar-refractivity contribution in [3.63, 3.8) is 0 Å². The minimum Gasteiger partial charge on any atom is -0.370 e. The van der Waals surface area contributed by atoms with Crippen LogP contribution in [-0.4, -0.2) is 39.5 Å². The Labute approximate surface area is 125 Å². The van der Waals surface area contributed by atoms with Gasteiger partial charge in [0, 0.05) is 24.7 Å². The average molecular weight is 292 g/mol. The van der Waals surface area contributed by atoms with E-state index >= 15 is 0 Å². The molecule has 2 rings (SSSR count). The second-order valence-corrected chi connectivity index (χ2v) is 6.19. The highest BCUT2D eigenvalue weighted by Crippen LogP contribution is 2.21. The van der Waals surface area contributed by atoms with Crippen molar-refractivity contribution in [2.75, 3.05) is 6.54 Å². The number of carbonyl (C=O) groups excluding carboxylic acids is 2. The molecule has 0 spiro atoms. The van der Waals surface area contributed by atoms with Gasteiger partial charge in [0.05, 0.1) is 0 Å². The number of aromatic nitrogens is 2. The van der Waals surface area contributed by atoms with Gasteiger partial charge in [0.1, 0.15) is 5.69 Å². The second-order valence-electron chi connectivity index (χ2n) is 6.19. The number of rotatable bonds is 5. The maximum absolute atomic E-state index is 12.6. The van der Waals surface area contributed by atoms with Gasteiger partial charge in [-0.05, 0) is 37.7 Å². The first-order valence-corrected chi connectivity index (χ1v) is 7.61. The number of primary amides is 1. The molecule has 2 amide bonds. The van der Waals surface area contributed by atoms with Crippen molar-refractivity contribution < 1.29 is 9.59 Å². The number of nitrogens with two attached hydrogens (primary N) is 1. The molecule has 6 heteroatoms. The van der Waals surface area contributed by atoms with Crippen molar-refractivity contribution >= 4 is 11.8 Å². The normalized spacial score (nSPS) is 19.0. The van der Waals surface area contributed by atoms with Crippen molar-refractivity contribution in [2.24, 2.45) is 11.7 Å². The summed E-state index contributed by atoms with van der Waals surface area (Å²) in [6.45, 7) is 4.91. The van der Waals surface area contributed by atoms with Crippen LogP contribution in [0.2, 0.25) is 0 Å². The molecule has 1 saturated heterocycles. The van der Waals surface area contributed by atoms with Crippen molar-refractivity contribution in [3.8, 4) is 0 Å². The van der Waals surface area contributed by atoms with Gasteiger partial charge in [-0.2, -0.15) is 5.10 Å². The van der Waals surface area contributed by atoms with Crippen molar-refractivity contribution in [1.82, 2.24) is 15.1 Å². The van der Waals surface area contributed by atoms with Crippen LogP contribution in [-0.2, 0) is 11.2 Å². The molecule has 1 fully saturated rings. The molecule has 2 heterocycles. The molecule has 1 aromatic heterocycles. The molecule has 6 nitrogen and oxygen atoms in total. The van der Waals surface area contributed by atoms with E-state index in [1.165, 1.54) is 0 Å². The Morgan fingerprint density at radius 2 is 2.24 bits per heavy atom. The largest absolute Gasteiger partial charge is 0.370 e. The average Bonchev–Trinajstić information content (AvgIpc) is 2.85. The maximum Gasteiger partial charge on any atom is 0.274 e. The highest BCUT2D eigenvalue weighted by Gasteiger charge is 2.29. The van der Waals surface area contributed by atoms with Gasteiger partial charge in [-0.3, -0.25) is 14.7 Å². The number of aromatic amines is 1. The molecule has 0 aliphatic carbocycles. The van der Waals surface area contributed by atoms with Crippen LogP contribution in [0.3, 0.4) is 0 Å². The predicted molar refractivity (Wildman–Crippen MR) is 79.6 cm³/mol. The summed E-state index contributed by atoms with van der Waals surface area (Å²) in [6.07, 6.45) is 3.92. The van der Waals surface area contributed by atoms with Gasteiger partial charge in [0.15, 0.2) is 0 Å². The van der Waals surface area contributed by atoms with Crippen LogP contribution in [0.25, 0.3) is 0 Å². The van der Waals surface area contributed by atoms with E-state index in [1.54, 1.807) is 4.90 Å². The number of nitrogens with zero attached hydrogens (tertiary/aromatic N) is 2. The maximum atomic E-state index is 12.6. The van der Waals surface area contributed by atoms with Gasteiger partial charge in [-0.15, -0.1) is 0 Å². The van der Waals surface area contributed by atoms with E-state index in [9.17, 15) is 9.59 Å². The van der Waals surface area contributed by atoms with E-state index in [0.29, 0.717) is 18.2 Å². The standard InChI is InChI=1S/C15H24N4O2/c1-10(2)7-11-8-13(18-17-11)15(21)19-6-4-3-5-12(19)9-14(16)20/h8,10,12H,3-7,9H2,1-2H3,(H2,16,20)(H,17,18). The van der Waals surface area contributed by atoms with E-state index in [2.05, 4.69) is 24.0 Å². The number of hydrogen-bond acceptors (Lipinski definition) is 3. The Balaban J connectivity index is 2.09. The Morgan fingerprint density at radius 3 is 2.90 bits per heavy atom. The molecule has 1 aliphatic rings. The summed E-state index contributed by atoms with van der Waals surface area (Å²) < 4.78 is 0. The molecule has 0 bridgehead atoms. The van der Waals surface area contributed by atoms with Crippen LogP contribution in [0.15, 0.2) is 6.07 Å². The Morgan fingerprint density at radius 1 is 1.48 bits per heavy atom. The SMILES string of the molecule is CC(C)Cc1cc(C(=O)N2CCCCC2CC(N)=O)n[nH]1. The molecular formula is C15H24N4O2. The van der Waals surface area contributed by atoms with E-state index in [0.717, 1.165) is 31.4 Å². The van der Waals surface area contributed by atoms with Gasteiger partial charge in [-0.1, -0.05) is 13.8 Å². The van der Waals surface area contributed by atoms with Gasteiger partial charge in [0.2, 0.25) is 5.91 Å². The lowest BCUT2D eigenvalue weighted by Gasteiger charge is -2.34. The molecule has 116 valence electrons. The predicted octanol–water partition coefficient (Wildman–Crippen LogP) is 1.48. The summed E-state index contributed by atoms with van der Waals surface area (Å²) in [5, 5.41) is 7.05. The number of amides is 2. The summed E-state index contributed by atoms with van der Waals surface area (Å²) >= 11 is 0. The van der Waals surface area contributed by atoms with Gasteiger partial charge in [0.25, 0.3) is 5.91 Å². The molecule has 0 radical (unpaired) electrons. The lowest BCUT2D eigenvalue weighted by Crippen LogP contribution is -2.45. The minimum absolute atomic E-state index is 0.0889. The fraction of sp³-hybridized carbons (Fsp3) is 0.667. The first-order chi connectivity index (χ1) is 9.97. The number of piperidine rings is 1. The number of hydrogen-bond donors (Lipinski definition) is 2. The highest BCUT2D eigenvalue weighted by molar-refractivity contribution is 5.93. The summed E-state index contributed by atoms with van der Waals surface area (Å²) in [5.41, 5.74) is 6.69. The van der Waals surface area contributed by atoms with Gasteiger partial charge < -0.3 is 10.6 Å². The van der Waals surface area contributed by atoms with E-state index < -0.39 is 0 Å². The van der Waals surface area contributed by atoms with E-state index in [1.807, 2.05) is 6.07 Å². The van der Waals surface area contributed by atoms with Crippen molar-refractivity contribution in [3.05, 3.63) is 17.5 Å². The monoisotopic (exact) mass is 292 g/mol. The number of likely N-dealkylation sites (tertiary alicyclic amines) is 1. The lowest BCUT2D eigenvalue weighted by molar-refractivity contribution is -0.119. The quantitative estimate of drug-likeness (QED) is 0.861. The van der Waals surface area contributed by atoms with E-state index in [-0.39, 0.29) is 24.3 Å². The van der Waals surface area contributed by atoms with Crippen LogP contribution in [0.4, 0.5) is 0 Å². The second kappa shape index (κ2) is 6.74. The smallest absolute Gasteiger partial charge is 0.274 e. The van der Waals surface area contributed by atoms with Crippen molar-refractivity contribution in [2.45, 2.75) is 52.0 Å². The molecular weight excluding hydrogens is 268 g/mol. The molecule has 21 heavy (non-hydrogen) atoms. The Bertz CT molecular complexity index is 510. The van der Waals surface area contributed by atoms with Crippen molar-refractivity contribution in [1.29, 1.82) is 0 Å². The topological polar surface area (TPSA) is 92.1 Å². The molecule has 1 unspecified atom stereocenters. The van der Waals surface area contributed by atoms with Crippen LogP contribution in [0.1, 0.15) is 55.7 Å². The fourth-order valence-electron chi connectivity index (χ4n) is 2.88. The number of carbonyl (C=O) groups is 2. The molecule has 1 aromatic rings. The molecule has 1 atom stereocenters. The van der Waals surface area contributed by atoms with Gasteiger partial charge in [-0.25, -0.2) is 0 Å². The third-order valence-electron chi connectivity index (χ3n) is 3.80. The summed E-state index contributed by atoms with van der Waals surface area (Å²) in [5.74, 6) is 0.0421. The third-order valence-corrected chi connectivity index (χ3v) is 3.80. The zero-order valence-electron chi connectivity index (χ0n) is 12.8.